The summed E-state index contributed by atoms with van der Waals surface area (Å²) in [5.74, 6) is -0.988. The summed E-state index contributed by atoms with van der Waals surface area (Å²) in [4.78, 5) is 43.0. The van der Waals surface area contributed by atoms with E-state index in [0.29, 0.717) is 30.9 Å². The standard InChI is InChI=1S/C37H45F4N5O6/c1-23-20-46(24(2)22-47)34(48)31-19-30(43-35(49)42-28-14-10-27(38)11-15-28)16-17-32(31)52-25(3)7-5-6-18-51-33(23)21-45(4)36(50)44-29-12-8-26(9-13-29)37(39,40)41/h8-17,19,23-25,33,47H,5-7,18,20-22H2,1-4H3,(H,44,50)(H2,42,43,49)/t23-,24+,25-,33-/m0/s1. The van der Waals surface area contributed by atoms with Crippen LogP contribution in [0.4, 0.5) is 44.2 Å². The second-order valence-corrected chi connectivity index (χ2v) is 13.0. The molecule has 0 saturated carbocycles. The highest BCUT2D eigenvalue weighted by atomic mass is 19.4. The number of urea groups is 2. The molecule has 0 saturated heterocycles. The van der Waals surface area contributed by atoms with Gasteiger partial charge < -0.3 is 40.3 Å². The summed E-state index contributed by atoms with van der Waals surface area (Å²) in [5.41, 5.74) is 0.162. The third kappa shape index (κ3) is 11.3. The Balaban J connectivity index is 1.55. The Morgan fingerprint density at radius 3 is 2.23 bits per heavy atom. The molecule has 0 fully saturated rings. The monoisotopic (exact) mass is 731 g/mol. The minimum Gasteiger partial charge on any atom is -0.490 e. The number of nitrogens with zero attached hydrogens (tertiary/aromatic N) is 2. The smallest absolute Gasteiger partial charge is 0.416 e. The number of aliphatic hydroxyl groups is 1. The van der Waals surface area contributed by atoms with Crippen molar-refractivity contribution in [2.45, 2.75) is 64.5 Å². The van der Waals surface area contributed by atoms with E-state index in [1.165, 1.54) is 59.3 Å². The van der Waals surface area contributed by atoms with Crippen LogP contribution < -0.4 is 20.7 Å². The molecule has 0 bridgehead atoms. The van der Waals surface area contributed by atoms with Gasteiger partial charge in [-0.05, 0) is 99.8 Å². The van der Waals surface area contributed by atoms with Gasteiger partial charge >= 0.3 is 18.2 Å². The van der Waals surface area contributed by atoms with Gasteiger partial charge in [-0.15, -0.1) is 0 Å². The molecule has 15 heteroatoms. The van der Waals surface area contributed by atoms with Crippen molar-refractivity contribution in [1.82, 2.24) is 9.80 Å². The van der Waals surface area contributed by atoms with Crippen molar-refractivity contribution >= 4 is 35.0 Å². The van der Waals surface area contributed by atoms with Crippen LogP contribution in [0.15, 0.2) is 66.7 Å². The Bertz CT molecular complexity index is 1660. The zero-order valence-corrected chi connectivity index (χ0v) is 29.5. The predicted molar refractivity (Wildman–Crippen MR) is 189 cm³/mol. The Kier molecular flexibility index (Phi) is 13.8. The highest BCUT2D eigenvalue weighted by molar-refractivity contribution is 6.02. The van der Waals surface area contributed by atoms with Crippen molar-refractivity contribution < 1.29 is 46.5 Å². The number of nitrogens with one attached hydrogen (secondary N) is 3. The SMILES string of the molecule is C[C@H](CO)N1C[C@H](C)[C@H](CN(C)C(=O)Nc2ccc(C(F)(F)F)cc2)OCCCC[C@H](C)Oc2ccc(NC(=O)Nc3ccc(F)cc3)cc2C1=O. The number of amides is 5. The molecule has 0 unspecified atom stereocenters. The summed E-state index contributed by atoms with van der Waals surface area (Å²) in [7, 11) is 1.54. The van der Waals surface area contributed by atoms with Crippen molar-refractivity contribution in [2.75, 3.05) is 49.3 Å². The summed E-state index contributed by atoms with van der Waals surface area (Å²) in [6.45, 7) is 5.64. The zero-order valence-electron chi connectivity index (χ0n) is 29.5. The van der Waals surface area contributed by atoms with Crippen molar-refractivity contribution in [2.24, 2.45) is 5.92 Å². The molecule has 3 aromatic carbocycles. The van der Waals surface area contributed by atoms with Gasteiger partial charge in [0.05, 0.1) is 36.0 Å². The topological polar surface area (TPSA) is 132 Å². The van der Waals surface area contributed by atoms with Crippen LogP contribution in [-0.4, -0.2) is 84.5 Å². The van der Waals surface area contributed by atoms with Crippen LogP contribution in [0.25, 0.3) is 0 Å². The molecule has 11 nitrogen and oxygen atoms in total. The molecule has 4 N–H and O–H groups in total. The lowest BCUT2D eigenvalue weighted by molar-refractivity contribution is -0.137. The number of rotatable bonds is 7. The van der Waals surface area contributed by atoms with E-state index in [4.69, 9.17) is 9.47 Å². The quantitative estimate of drug-likeness (QED) is 0.187. The fourth-order valence-electron chi connectivity index (χ4n) is 5.60. The van der Waals surface area contributed by atoms with Gasteiger partial charge in [-0.25, -0.2) is 14.0 Å². The molecule has 5 amide bonds. The van der Waals surface area contributed by atoms with E-state index in [0.717, 1.165) is 18.6 Å². The number of hydrogen-bond acceptors (Lipinski definition) is 6. The molecule has 0 spiro atoms. The molecule has 52 heavy (non-hydrogen) atoms. The molecule has 0 aromatic heterocycles. The molecule has 0 radical (unpaired) electrons. The normalized spacial score (nSPS) is 19.4. The maximum atomic E-state index is 14.3. The number of benzene rings is 3. The molecular weight excluding hydrogens is 686 g/mol. The van der Waals surface area contributed by atoms with Gasteiger partial charge in [0.25, 0.3) is 5.91 Å². The van der Waals surface area contributed by atoms with Gasteiger partial charge in [0.15, 0.2) is 0 Å². The fourth-order valence-corrected chi connectivity index (χ4v) is 5.60. The molecule has 4 rings (SSSR count). The Morgan fingerprint density at radius 2 is 1.58 bits per heavy atom. The van der Waals surface area contributed by atoms with Gasteiger partial charge in [0.2, 0.25) is 0 Å². The summed E-state index contributed by atoms with van der Waals surface area (Å²) >= 11 is 0. The van der Waals surface area contributed by atoms with Crippen LogP contribution in [0.5, 0.6) is 5.75 Å². The van der Waals surface area contributed by atoms with Gasteiger partial charge in [0, 0.05) is 49.7 Å². The minimum absolute atomic E-state index is 0.0938. The predicted octanol–water partition coefficient (Wildman–Crippen LogP) is 7.45. The zero-order chi connectivity index (χ0) is 38.0. The van der Waals surface area contributed by atoms with Crippen molar-refractivity contribution in [3.63, 3.8) is 0 Å². The number of carbonyl (C=O) groups is 3. The lowest BCUT2D eigenvalue weighted by Gasteiger charge is -2.35. The van der Waals surface area contributed by atoms with E-state index in [1.54, 1.807) is 19.1 Å². The van der Waals surface area contributed by atoms with Crippen molar-refractivity contribution in [3.8, 4) is 5.75 Å². The number of aliphatic hydroxyl groups excluding tert-OH is 1. The first-order chi connectivity index (χ1) is 24.6. The second-order valence-electron chi connectivity index (χ2n) is 13.0. The second kappa shape index (κ2) is 18.0. The summed E-state index contributed by atoms with van der Waals surface area (Å²) < 4.78 is 64.8. The maximum Gasteiger partial charge on any atom is 0.416 e. The van der Waals surface area contributed by atoms with Crippen LogP contribution >= 0.6 is 0 Å². The molecule has 1 aliphatic rings. The van der Waals surface area contributed by atoms with Crippen LogP contribution in [0.3, 0.4) is 0 Å². The van der Waals surface area contributed by atoms with E-state index in [-0.39, 0.29) is 48.7 Å². The molecular formula is C37H45F4N5O6. The van der Waals surface area contributed by atoms with Crippen LogP contribution in [-0.2, 0) is 10.9 Å². The fraction of sp³-hybridized carbons (Fsp3) is 0.432. The third-order valence-corrected chi connectivity index (χ3v) is 8.68. The van der Waals surface area contributed by atoms with E-state index in [2.05, 4.69) is 16.0 Å². The van der Waals surface area contributed by atoms with Gasteiger partial charge in [-0.1, -0.05) is 6.92 Å². The van der Waals surface area contributed by atoms with Crippen LogP contribution in [0, 0.1) is 11.7 Å². The molecule has 282 valence electrons. The van der Waals surface area contributed by atoms with E-state index >= 15 is 0 Å². The number of hydrogen-bond donors (Lipinski definition) is 4. The highest BCUT2D eigenvalue weighted by Crippen LogP contribution is 2.31. The van der Waals surface area contributed by atoms with E-state index in [1.807, 2.05) is 13.8 Å². The van der Waals surface area contributed by atoms with Crippen molar-refractivity contribution in [1.29, 1.82) is 0 Å². The van der Waals surface area contributed by atoms with Crippen LogP contribution in [0.2, 0.25) is 0 Å². The summed E-state index contributed by atoms with van der Waals surface area (Å²) in [6, 6.07) is 12.2. The number of alkyl halides is 3. The first-order valence-corrected chi connectivity index (χ1v) is 17.0. The number of anilines is 3. The van der Waals surface area contributed by atoms with Gasteiger partial charge in [-0.3, -0.25) is 4.79 Å². The Hall–Kier alpha value is -4.89. The highest BCUT2D eigenvalue weighted by Gasteiger charge is 2.32. The molecule has 1 heterocycles. The lowest BCUT2D eigenvalue weighted by Crippen LogP contribution is -2.48. The number of halogens is 4. The average molecular weight is 732 g/mol. The number of ether oxygens (including phenoxy) is 2. The summed E-state index contributed by atoms with van der Waals surface area (Å²) in [5, 5.41) is 18.1. The summed E-state index contributed by atoms with van der Waals surface area (Å²) in [6.07, 6.45) is -3.28. The molecule has 3 aromatic rings. The maximum absolute atomic E-state index is 14.3. The molecule has 1 aliphatic heterocycles. The van der Waals surface area contributed by atoms with Crippen molar-refractivity contribution in [3.05, 3.63) is 83.7 Å². The van der Waals surface area contributed by atoms with Gasteiger partial charge in [-0.2, -0.15) is 13.2 Å². The Labute approximate surface area is 300 Å². The molecule has 4 atom stereocenters. The number of fused-ring (bicyclic) bond motifs is 1. The first-order valence-electron chi connectivity index (χ1n) is 17.0. The first kappa shape index (κ1) is 39.9. The van der Waals surface area contributed by atoms with E-state index in [9.17, 15) is 37.1 Å². The number of carbonyl (C=O) groups excluding carboxylic acids is 3. The third-order valence-electron chi connectivity index (χ3n) is 8.68. The number of likely N-dealkylation sites (N-methyl/N-ethyl adjacent to an activating group) is 1. The van der Waals surface area contributed by atoms with E-state index < -0.39 is 47.7 Å². The minimum atomic E-state index is -4.50. The lowest BCUT2D eigenvalue weighted by atomic mass is 10.0. The average Bonchev–Trinajstić information content (AvgIpc) is 3.10. The van der Waals surface area contributed by atoms with Crippen LogP contribution in [0.1, 0.15) is 56.0 Å². The molecule has 0 aliphatic carbocycles. The Morgan fingerprint density at radius 1 is 0.962 bits per heavy atom. The largest absolute Gasteiger partial charge is 0.490 e. The van der Waals surface area contributed by atoms with Gasteiger partial charge in [0.1, 0.15) is 11.6 Å².